The fraction of sp³-hybridized carbons (Fsp3) is 0.588. The van der Waals surface area contributed by atoms with E-state index >= 15 is 0 Å². The molecule has 1 saturated carbocycles. The third-order valence-electron chi connectivity index (χ3n) is 4.16. The van der Waals surface area contributed by atoms with E-state index in [1.807, 2.05) is 26.0 Å². The third kappa shape index (κ3) is 4.46. The smallest absolute Gasteiger partial charge is 0.253 e. The molecule has 2 rings (SSSR count). The van der Waals surface area contributed by atoms with Crippen molar-refractivity contribution >= 4 is 17.3 Å². The van der Waals surface area contributed by atoms with Gasteiger partial charge in [0.25, 0.3) is 5.91 Å². The summed E-state index contributed by atoms with van der Waals surface area (Å²) in [5, 5.41) is 2.92. The van der Waals surface area contributed by atoms with Crippen LogP contribution >= 0.6 is 0 Å². The quantitative estimate of drug-likeness (QED) is 0.834. The Morgan fingerprint density at radius 1 is 1.43 bits per heavy atom. The standard InChI is InChI=1S/C17H26N2O2/c1-11-5-4-6-15(9-11)21-13(3)17(20)19-16-8-7-14(18)10-12(16)2/h7-8,10-11,13,15H,4-6,9,18H2,1-3H3,(H,19,20). The second-order valence-electron chi connectivity index (χ2n) is 6.24. The summed E-state index contributed by atoms with van der Waals surface area (Å²) in [5.41, 5.74) is 8.17. The minimum atomic E-state index is -0.433. The molecule has 0 aliphatic heterocycles. The van der Waals surface area contributed by atoms with Crippen LogP contribution in [0.2, 0.25) is 0 Å². The van der Waals surface area contributed by atoms with Gasteiger partial charge in [-0.15, -0.1) is 0 Å². The van der Waals surface area contributed by atoms with Gasteiger partial charge in [0, 0.05) is 11.4 Å². The number of carbonyl (C=O) groups is 1. The monoisotopic (exact) mass is 290 g/mol. The van der Waals surface area contributed by atoms with Gasteiger partial charge in [0.2, 0.25) is 0 Å². The first-order valence-electron chi connectivity index (χ1n) is 7.78. The first-order chi connectivity index (χ1) is 9.95. The molecule has 3 N–H and O–H groups in total. The molecule has 4 nitrogen and oxygen atoms in total. The predicted molar refractivity (Wildman–Crippen MR) is 86.2 cm³/mol. The first kappa shape index (κ1) is 15.8. The highest BCUT2D eigenvalue weighted by Crippen LogP contribution is 2.26. The van der Waals surface area contributed by atoms with Crippen LogP contribution in [0.5, 0.6) is 0 Å². The number of rotatable bonds is 4. The molecule has 0 radical (unpaired) electrons. The largest absolute Gasteiger partial charge is 0.399 e. The number of hydrogen-bond donors (Lipinski definition) is 2. The Bertz CT molecular complexity index is 502. The SMILES string of the molecule is Cc1cc(N)ccc1NC(=O)C(C)OC1CCCC(C)C1. The molecule has 1 aromatic carbocycles. The Balaban J connectivity index is 1.90. The Morgan fingerprint density at radius 3 is 2.86 bits per heavy atom. The molecule has 1 aromatic rings. The number of nitrogens with one attached hydrogen (secondary N) is 1. The summed E-state index contributed by atoms with van der Waals surface area (Å²) in [5.74, 6) is 0.597. The summed E-state index contributed by atoms with van der Waals surface area (Å²) in [6, 6.07) is 5.47. The summed E-state index contributed by atoms with van der Waals surface area (Å²) >= 11 is 0. The number of amides is 1. The predicted octanol–water partition coefficient (Wildman–Crippen LogP) is 3.50. The Hall–Kier alpha value is -1.55. The van der Waals surface area contributed by atoms with Gasteiger partial charge < -0.3 is 15.8 Å². The maximum Gasteiger partial charge on any atom is 0.253 e. The highest BCUT2D eigenvalue weighted by molar-refractivity contribution is 5.94. The van der Waals surface area contributed by atoms with Crippen molar-refractivity contribution in [2.24, 2.45) is 5.92 Å². The van der Waals surface area contributed by atoms with E-state index in [0.717, 1.165) is 24.1 Å². The van der Waals surface area contributed by atoms with E-state index in [1.54, 1.807) is 6.07 Å². The summed E-state index contributed by atoms with van der Waals surface area (Å²) in [4.78, 5) is 12.2. The van der Waals surface area contributed by atoms with Gasteiger partial charge in [-0.25, -0.2) is 0 Å². The summed E-state index contributed by atoms with van der Waals surface area (Å²) in [6.45, 7) is 6.00. The number of ether oxygens (including phenoxy) is 1. The summed E-state index contributed by atoms with van der Waals surface area (Å²) in [6.07, 6.45) is 4.35. The number of nitrogens with two attached hydrogens (primary N) is 1. The normalized spacial score (nSPS) is 23.6. The lowest BCUT2D eigenvalue weighted by molar-refractivity contribution is -0.131. The Kier molecular flexibility index (Phi) is 5.23. The molecule has 3 unspecified atom stereocenters. The molecule has 1 fully saturated rings. The number of benzene rings is 1. The van der Waals surface area contributed by atoms with Crippen LogP contribution < -0.4 is 11.1 Å². The maximum atomic E-state index is 12.2. The molecule has 1 aliphatic carbocycles. The minimum absolute atomic E-state index is 0.0962. The van der Waals surface area contributed by atoms with E-state index in [9.17, 15) is 4.79 Å². The molecule has 0 bridgehead atoms. The van der Waals surface area contributed by atoms with Crippen LogP contribution in [0.3, 0.4) is 0 Å². The topological polar surface area (TPSA) is 64.3 Å². The zero-order valence-corrected chi connectivity index (χ0v) is 13.2. The molecule has 0 spiro atoms. The van der Waals surface area contributed by atoms with Gasteiger partial charge in [0.05, 0.1) is 6.10 Å². The molecular formula is C17H26N2O2. The van der Waals surface area contributed by atoms with Gasteiger partial charge in [0.1, 0.15) is 6.10 Å². The van der Waals surface area contributed by atoms with Gasteiger partial charge in [-0.2, -0.15) is 0 Å². The molecule has 116 valence electrons. The van der Waals surface area contributed by atoms with Crippen molar-refractivity contribution in [3.8, 4) is 0 Å². The molecule has 21 heavy (non-hydrogen) atoms. The second kappa shape index (κ2) is 6.94. The number of hydrogen-bond acceptors (Lipinski definition) is 3. The summed E-state index contributed by atoms with van der Waals surface area (Å²) < 4.78 is 5.92. The van der Waals surface area contributed by atoms with Crippen LogP contribution in [-0.2, 0) is 9.53 Å². The van der Waals surface area contributed by atoms with E-state index in [1.165, 1.54) is 12.8 Å². The van der Waals surface area contributed by atoms with Gasteiger partial charge in [-0.3, -0.25) is 4.79 Å². The average Bonchev–Trinajstić information content (AvgIpc) is 2.41. The van der Waals surface area contributed by atoms with Gasteiger partial charge in [-0.05, 0) is 56.4 Å². The van der Waals surface area contributed by atoms with Crippen LogP contribution in [-0.4, -0.2) is 18.1 Å². The third-order valence-corrected chi connectivity index (χ3v) is 4.16. The van der Waals surface area contributed by atoms with Crippen LogP contribution in [0.4, 0.5) is 11.4 Å². The fourth-order valence-electron chi connectivity index (χ4n) is 2.91. The number of nitrogen functional groups attached to an aromatic ring is 1. The van der Waals surface area contributed by atoms with Crippen molar-refractivity contribution in [2.45, 2.75) is 58.7 Å². The molecule has 0 saturated heterocycles. The van der Waals surface area contributed by atoms with Crippen molar-refractivity contribution < 1.29 is 9.53 Å². The highest BCUT2D eigenvalue weighted by Gasteiger charge is 2.24. The Morgan fingerprint density at radius 2 is 2.19 bits per heavy atom. The number of aryl methyl sites for hydroxylation is 1. The minimum Gasteiger partial charge on any atom is -0.399 e. The van der Waals surface area contributed by atoms with Crippen molar-refractivity contribution in [1.82, 2.24) is 0 Å². The van der Waals surface area contributed by atoms with Crippen molar-refractivity contribution in [1.29, 1.82) is 0 Å². The van der Waals surface area contributed by atoms with Crippen molar-refractivity contribution in [3.05, 3.63) is 23.8 Å². The second-order valence-corrected chi connectivity index (χ2v) is 6.24. The molecular weight excluding hydrogens is 264 g/mol. The van der Waals surface area contributed by atoms with E-state index in [-0.39, 0.29) is 12.0 Å². The van der Waals surface area contributed by atoms with Crippen molar-refractivity contribution in [2.75, 3.05) is 11.1 Å². The molecule has 0 aromatic heterocycles. The van der Waals surface area contributed by atoms with Crippen LogP contribution in [0.25, 0.3) is 0 Å². The molecule has 0 heterocycles. The summed E-state index contributed by atoms with van der Waals surface area (Å²) in [7, 11) is 0. The first-order valence-corrected chi connectivity index (χ1v) is 7.78. The molecule has 4 heteroatoms. The lowest BCUT2D eigenvalue weighted by Crippen LogP contribution is -2.33. The van der Waals surface area contributed by atoms with Gasteiger partial charge in [0.15, 0.2) is 0 Å². The van der Waals surface area contributed by atoms with Crippen LogP contribution in [0.1, 0.15) is 45.1 Å². The molecule has 1 amide bonds. The van der Waals surface area contributed by atoms with E-state index in [2.05, 4.69) is 12.2 Å². The Labute approximate surface area is 127 Å². The van der Waals surface area contributed by atoms with E-state index < -0.39 is 6.10 Å². The molecule has 3 atom stereocenters. The average molecular weight is 290 g/mol. The van der Waals surface area contributed by atoms with Gasteiger partial charge >= 0.3 is 0 Å². The van der Waals surface area contributed by atoms with Crippen molar-refractivity contribution in [3.63, 3.8) is 0 Å². The lowest BCUT2D eigenvalue weighted by atomic mass is 9.88. The lowest BCUT2D eigenvalue weighted by Gasteiger charge is -2.29. The maximum absolute atomic E-state index is 12.2. The van der Waals surface area contributed by atoms with Crippen LogP contribution in [0.15, 0.2) is 18.2 Å². The molecule has 1 aliphatic rings. The van der Waals surface area contributed by atoms with Gasteiger partial charge in [-0.1, -0.05) is 19.8 Å². The van der Waals surface area contributed by atoms with Crippen LogP contribution in [0, 0.1) is 12.8 Å². The van der Waals surface area contributed by atoms with E-state index in [0.29, 0.717) is 11.6 Å². The zero-order valence-electron chi connectivity index (χ0n) is 13.2. The highest BCUT2D eigenvalue weighted by atomic mass is 16.5. The number of carbonyl (C=O) groups excluding carboxylic acids is 1. The van der Waals surface area contributed by atoms with E-state index in [4.69, 9.17) is 10.5 Å². The zero-order chi connectivity index (χ0) is 15.4. The number of anilines is 2. The fourth-order valence-corrected chi connectivity index (χ4v) is 2.91.